The molecule has 0 atom stereocenters. The zero-order valence-corrected chi connectivity index (χ0v) is 10.1. The van der Waals surface area contributed by atoms with Gasteiger partial charge in [0.15, 0.2) is 5.82 Å². The van der Waals surface area contributed by atoms with E-state index in [1.807, 2.05) is 11.6 Å². The summed E-state index contributed by atoms with van der Waals surface area (Å²) in [5.41, 5.74) is 2.75. The number of hydrogen-bond acceptors (Lipinski definition) is 4. The van der Waals surface area contributed by atoms with Crippen molar-refractivity contribution in [1.29, 1.82) is 0 Å². The summed E-state index contributed by atoms with van der Waals surface area (Å²) in [5, 5.41) is 0.478. The van der Waals surface area contributed by atoms with E-state index in [1.165, 1.54) is 0 Å². The monoisotopic (exact) mass is 250 g/mol. The van der Waals surface area contributed by atoms with Gasteiger partial charge in [-0.25, -0.2) is 15.0 Å². The highest BCUT2D eigenvalue weighted by atomic mass is 35.5. The Morgan fingerprint density at radius 2 is 2.29 bits per heavy atom. The molecule has 0 spiro atoms. The molecule has 88 valence electrons. The van der Waals surface area contributed by atoms with Gasteiger partial charge >= 0.3 is 0 Å². The maximum Gasteiger partial charge on any atom is 0.179 e. The van der Waals surface area contributed by atoms with E-state index in [4.69, 9.17) is 16.3 Å². The van der Waals surface area contributed by atoms with Crippen molar-refractivity contribution in [2.75, 3.05) is 6.61 Å². The quantitative estimate of drug-likeness (QED) is 0.722. The minimum absolute atomic E-state index is 0.478. The molecule has 0 N–H and O–H groups in total. The Balaban J connectivity index is 2.14. The lowest BCUT2D eigenvalue weighted by atomic mass is 10.1. The highest BCUT2D eigenvalue weighted by Gasteiger charge is 2.18. The molecule has 2 aromatic heterocycles. The number of halogens is 1. The van der Waals surface area contributed by atoms with Gasteiger partial charge in [0.05, 0.1) is 31.4 Å². The number of aryl methyl sites for hydroxylation is 1. The number of fused-ring (bicyclic) bond motifs is 1. The van der Waals surface area contributed by atoms with Crippen molar-refractivity contribution < 1.29 is 4.74 Å². The normalized spacial score (nSPS) is 14.7. The fourth-order valence-corrected chi connectivity index (χ4v) is 2.12. The molecule has 0 bridgehead atoms. The minimum atomic E-state index is 0.478. The molecule has 0 saturated carbocycles. The molecule has 3 rings (SSSR count). The summed E-state index contributed by atoms with van der Waals surface area (Å²) in [6.07, 6.45) is 4.23. The van der Waals surface area contributed by atoms with E-state index < -0.39 is 0 Å². The maximum atomic E-state index is 6.16. The standard InChI is InChI=1S/C11H11ClN4O/c1-16-6-13-4-9(16)11-14-8-2-3-17-5-7(8)10(12)15-11/h4,6H,2-3,5H2,1H3. The second-order valence-corrected chi connectivity index (χ2v) is 4.31. The van der Waals surface area contributed by atoms with Crippen molar-refractivity contribution in [1.82, 2.24) is 19.5 Å². The molecule has 1 aliphatic rings. The van der Waals surface area contributed by atoms with Crippen LogP contribution in [0.15, 0.2) is 12.5 Å². The van der Waals surface area contributed by atoms with Gasteiger partial charge in [-0.3, -0.25) is 0 Å². The fraction of sp³-hybridized carbons (Fsp3) is 0.364. The van der Waals surface area contributed by atoms with Crippen LogP contribution in [0.3, 0.4) is 0 Å². The first kappa shape index (κ1) is 10.7. The van der Waals surface area contributed by atoms with Crippen LogP contribution in [0.2, 0.25) is 5.15 Å². The van der Waals surface area contributed by atoms with Crippen molar-refractivity contribution in [3.8, 4) is 11.5 Å². The maximum absolute atomic E-state index is 6.16. The summed E-state index contributed by atoms with van der Waals surface area (Å²) in [4.78, 5) is 12.9. The van der Waals surface area contributed by atoms with Gasteiger partial charge in [-0.05, 0) is 0 Å². The summed E-state index contributed by atoms with van der Waals surface area (Å²) in [6, 6.07) is 0. The van der Waals surface area contributed by atoms with Crippen LogP contribution in [-0.2, 0) is 24.8 Å². The summed E-state index contributed by atoms with van der Waals surface area (Å²) < 4.78 is 7.22. The third kappa shape index (κ3) is 1.81. The number of ether oxygens (including phenoxy) is 1. The Kier molecular flexibility index (Phi) is 2.57. The molecule has 2 aromatic rings. The van der Waals surface area contributed by atoms with E-state index in [0.29, 0.717) is 24.2 Å². The van der Waals surface area contributed by atoms with Crippen molar-refractivity contribution in [3.63, 3.8) is 0 Å². The van der Waals surface area contributed by atoms with E-state index in [2.05, 4.69) is 15.0 Å². The third-order valence-corrected chi connectivity index (χ3v) is 3.13. The Labute approximate surface area is 103 Å². The first-order valence-electron chi connectivity index (χ1n) is 5.35. The van der Waals surface area contributed by atoms with Gasteiger partial charge < -0.3 is 9.30 Å². The molecular weight excluding hydrogens is 240 g/mol. The smallest absolute Gasteiger partial charge is 0.179 e. The van der Waals surface area contributed by atoms with Crippen molar-refractivity contribution in [2.24, 2.45) is 7.05 Å². The molecule has 1 aliphatic heterocycles. The summed E-state index contributed by atoms with van der Waals surface area (Å²) >= 11 is 6.16. The molecule has 3 heterocycles. The first-order valence-corrected chi connectivity index (χ1v) is 5.73. The zero-order chi connectivity index (χ0) is 11.8. The number of aromatic nitrogens is 4. The lowest BCUT2D eigenvalue weighted by molar-refractivity contribution is 0.109. The molecule has 0 unspecified atom stereocenters. The Hall–Kier alpha value is -1.46. The van der Waals surface area contributed by atoms with Gasteiger partial charge in [0.25, 0.3) is 0 Å². The van der Waals surface area contributed by atoms with E-state index in [-0.39, 0.29) is 0 Å². The minimum Gasteiger partial charge on any atom is -0.376 e. The highest BCUT2D eigenvalue weighted by Crippen LogP contribution is 2.25. The number of hydrogen-bond donors (Lipinski definition) is 0. The van der Waals surface area contributed by atoms with Gasteiger partial charge in [0.1, 0.15) is 10.8 Å². The van der Waals surface area contributed by atoms with Crippen molar-refractivity contribution >= 4 is 11.6 Å². The van der Waals surface area contributed by atoms with Gasteiger partial charge in [-0.2, -0.15) is 0 Å². The van der Waals surface area contributed by atoms with Crippen LogP contribution in [0, 0.1) is 0 Å². The Morgan fingerprint density at radius 1 is 1.41 bits per heavy atom. The molecule has 0 amide bonds. The predicted molar refractivity (Wildman–Crippen MR) is 62.6 cm³/mol. The second kappa shape index (κ2) is 4.09. The van der Waals surface area contributed by atoms with Crippen molar-refractivity contribution in [2.45, 2.75) is 13.0 Å². The molecule has 17 heavy (non-hydrogen) atoms. The van der Waals surface area contributed by atoms with Crippen LogP contribution in [0.5, 0.6) is 0 Å². The summed E-state index contributed by atoms with van der Waals surface area (Å²) in [5.74, 6) is 0.621. The Bertz CT molecular complexity index is 567. The SMILES string of the molecule is Cn1cncc1-c1nc(Cl)c2c(n1)CCOC2. The van der Waals surface area contributed by atoms with Gasteiger partial charge in [-0.1, -0.05) is 11.6 Å². The number of imidazole rings is 1. The Morgan fingerprint density at radius 3 is 3.06 bits per heavy atom. The van der Waals surface area contributed by atoms with Crippen LogP contribution in [-0.4, -0.2) is 26.1 Å². The molecule has 0 radical (unpaired) electrons. The molecule has 0 fully saturated rings. The van der Waals surface area contributed by atoms with Crippen LogP contribution in [0.25, 0.3) is 11.5 Å². The van der Waals surface area contributed by atoms with Crippen LogP contribution >= 0.6 is 11.6 Å². The zero-order valence-electron chi connectivity index (χ0n) is 9.35. The third-order valence-electron chi connectivity index (χ3n) is 2.82. The molecular formula is C11H11ClN4O. The van der Waals surface area contributed by atoms with E-state index in [1.54, 1.807) is 12.5 Å². The predicted octanol–water partition coefficient (Wildman–Crippen LogP) is 1.60. The average Bonchev–Trinajstić information content (AvgIpc) is 2.75. The molecule has 5 nitrogen and oxygen atoms in total. The molecule has 6 heteroatoms. The van der Waals surface area contributed by atoms with Gasteiger partial charge in [0.2, 0.25) is 0 Å². The van der Waals surface area contributed by atoms with E-state index in [9.17, 15) is 0 Å². The first-order chi connectivity index (χ1) is 8.25. The molecule has 0 aromatic carbocycles. The van der Waals surface area contributed by atoms with Crippen LogP contribution < -0.4 is 0 Å². The van der Waals surface area contributed by atoms with E-state index in [0.717, 1.165) is 23.4 Å². The number of nitrogens with zero attached hydrogens (tertiary/aromatic N) is 4. The lowest BCUT2D eigenvalue weighted by Crippen LogP contribution is -2.14. The summed E-state index contributed by atoms with van der Waals surface area (Å²) in [7, 11) is 1.90. The fourth-order valence-electron chi connectivity index (χ4n) is 1.88. The largest absolute Gasteiger partial charge is 0.376 e. The van der Waals surface area contributed by atoms with Gasteiger partial charge in [0, 0.05) is 19.0 Å². The van der Waals surface area contributed by atoms with Crippen molar-refractivity contribution in [3.05, 3.63) is 28.9 Å². The molecule has 0 aliphatic carbocycles. The number of rotatable bonds is 1. The van der Waals surface area contributed by atoms with E-state index >= 15 is 0 Å². The topological polar surface area (TPSA) is 52.8 Å². The lowest BCUT2D eigenvalue weighted by Gasteiger charge is -2.17. The van der Waals surface area contributed by atoms with Gasteiger partial charge in [-0.15, -0.1) is 0 Å². The summed E-state index contributed by atoms with van der Waals surface area (Å²) in [6.45, 7) is 1.19. The highest BCUT2D eigenvalue weighted by molar-refractivity contribution is 6.30. The second-order valence-electron chi connectivity index (χ2n) is 3.96. The average molecular weight is 251 g/mol. The van der Waals surface area contributed by atoms with Crippen LogP contribution in [0.4, 0.5) is 0 Å². The molecule has 0 saturated heterocycles. The van der Waals surface area contributed by atoms with Crippen LogP contribution in [0.1, 0.15) is 11.3 Å².